The predicted molar refractivity (Wildman–Crippen MR) is 162 cm³/mol. The Hall–Kier alpha value is -4.18. The summed E-state index contributed by atoms with van der Waals surface area (Å²) in [6.45, 7) is 6.54. The zero-order chi connectivity index (χ0) is 30.0. The molecule has 0 saturated heterocycles. The highest BCUT2D eigenvalue weighted by atomic mass is 32.1. The molecule has 1 amide bonds. The van der Waals surface area contributed by atoms with Gasteiger partial charge in [0.05, 0.1) is 43.4 Å². The fourth-order valence-electron chi connectivity index (χ4n) is 5.56. The van der Waals surface area contributed by atoms with Gasteiger partial charge < -0.3 is 19.1 Å². The minimum Gasteiger partial charge on any atom is -0.497 e. The first-order chi connectivity index (χ1) is 20.4. The van der Waals surface area contributed by atoms with Crippen LogP contribution < -0.4 is 29.3 Å². The molecule has 0 radical (unpaired) electrons. The Morgan fingerprint density at radius 3 is 2.50 bits per heavy atom. The number of allylic oxidation sites excluding steroid dienone is 1. The Morgan fingerprint density at radius 2 is 1.81 bits per heavy atom. The summed E-state index contributed by atoms with van der Waals surface area (Å²) in [5, 5.41) is 0. The number of hydrogen-bond donors (Lipinski definition) is 0. The van der Waals surface area contributed by atoms with Crippen LogP contribution in [-0.2, 0) is 14.3 Å². The molecule has 220 valence electrons. The maximum absolute atomic E-state index is 14.5. The Bertz CT molecular complexity index is 1750. The second-order valence-electron chi connectivity index (χ2n) is 10.0. The summed E-state index contributed by atoms with van der Waals surface area (Å²) in [5.41, 5.74) is 2.85. The largest absolute Gasteiger partial charge is 0.497 e. The number of carbonyl (C=O) groups excluding carboxylic acids is 2. The third-order valence-corrected chi connectivity index (χ3v) is 8.54. The van der Waals surface area contributed by atoms with Crippen molar-refractivity contribution < 1.29 is 23.8 Å². The van der Waals surface area contributed by atoms with Crippen molar-refractivity contribution in [2.75, 3.05) is 32.3 Å². The highest BCUT2D eigenvalue weighted by molar-refractivity contribution is 7.07. The fourth-order valence-corrected chi connectivity index (χ4v) is 6.67. The van der Waals surface area contributed by atoms with Crippen molar-refractivity contribution in [3.63, 3.8) is 0 Å². The van der Waals surface area contributed by atoms with Gasteiger partial charge in [-0.1, -0.05) is 56.2 Å². The number of carbonyl (C=O) groups is 2. The molecule has 2 aromatic carbocycles. The Kier molecular flexibility index (Phi) is 8.63. The molecule has 2 aliphatic rings. The molecule has 10 heteroatoms. The number of thiazole rings is 1. The maximum Gasteiger partial charge on any atom is 0.338 e. The van der Waals surface area contributed by atoms with E-state index in [1.807, 2.05) is 31.2 Å². The summed E-state index contributed by atoms with van der Waals surface area (Å²) in [6, 6.07) is 11.9. The Labute approximate surface area is 248 Å². The van der Waals surface area contributed by atoms with Gasteiger partial charge in [-0.25, -0.2) is 9.79 Å². The molecule has 0 spiro atoms. The quantitative estimate of drug-likeness (QED) is 0.330. The second kappa shape index (κ2) is 12.4. The Morgan fingerprint density at radius 1 is 1.02 bits per heavy atom. The number of rotatable bonds is 10. The molecular weight excluding hydrogens is 554 g/mol. The first kappa shape index (κ1) is 29.3. The lowest BCUT2D eigenvalue weighted by atomic mass is 9.93. The van der Waals surface area contributed by atoms with Crippen LogP contribution in [0.1, 0.15) is 63.6 Å². The number of nitrogens with zero attached hydrogens (tertiary/aromatic N) is 3. The molecule has 42 heavy (non-hydrogen) atoms. The lowest BCUT2D eigenvalue weighted by Gasteiger charge is -2.27. The minimum atomic E-state index is -0.899. The van der Waals surface area contributed by atoms with E-state index in [-0.39, 0.29) is 22.6 Å². The maximum atomic E-state index is 14.5. The summed E-state index contributed by atoms with van der Waals surface area (Å²) >= 11 is 1.17. The lowest BCUT2D eigenvalue weighted by Crippen LogP contribution is -2.41. The molecule has 3 heterocycles. The SMILES string of the molecule is CCCCN1C(=O)/C(=c2\sc3n(c2=O)[C@H](c2cc(OC)ccc2OC)C(C(=O)OCC)=C(CCC)N=3)c2ccccc21. The summed E-state index contributed by atoms with van der Waals surface area (Å²) in [5.74, 6) is 0.264. The van der Waals surface area contributed by atoms with E-state index >= 15 is 0 Å². The third kappa shape index (κ3) is 4.93. The van der Waals surface area contributed by atoms with Crippen LogP contribution in [-0.4, -0.2) is 43.8 Å². The van der Waals surface area contributed by atoms with E-state index in [0.29, 0.717) is 46.1 Å². The van der Waals surface area contributed by atoms with Crippen molar-refractivity contribution >= 4 is 34.5 Å². The van der Waals surface area contributed by atoms with Crippen LogP contribution in [0.15, 0.2) is 63.5 Å². The number of para-hydroxylation sites is 1. The standard InChI is InChI=1S/C32H35N3O6S/c1-6-9-17-34-23-14-11-10-13-20(23)25(29(34)36)28-30(37)35-27(21-18-19(39-4)15-16-24(21)40-5)26(31(38)41-8-3)22(12-7-2)33-32(35)42-28/h10-11,13-16,18,27H,6-9,12,17H2,1-5H3/b28-25-/t27-/m1/s1. The van der Waals surface area contributed by atoms with E-state index in [1.54, 1.807) is 37.1 Å². The number of ether oxygens (including phenoxy) is 3. The van der Waals surface area contributed by atoms with E-state index in [4.69, 9.17) is 19.2 Å². The number of amides is 1. The molecule has 1 atom stereocenters. The Balaban J connectivity index is 1.86. The van der Waals surface area contributed by atoms with Gasteiger partial charge in [-0.05, 0) is 44.0 Å². The van der Waals surface area contributed by atoms with Crippen molar-refractivity contribution in [3.8, 4) is 11.5 Å². The lowest BCUT2D eigenvalue weighted by molar-refractivity contribution is -0.139. The smallest absolute Gasteiger partial charge is 0.338 e. The molecule has 0 saturated carbocycles. The number of esters is 1. The van der Waals surface area contributed by atoms with Crippen LogP contribution in [0, 0.1) is 0 Å². The molecule has 0 bridgehead atoms. The molecule has 0 fully saturated rings. The molecule has 0 N–H and O–H groups in total. The van der Waals surface area contributed by atoms with Crippen molar-refractivity contribution in [1.82, 2.24) is 4.57 Å². The first-order valence-corrected chi connectivity index (χ1v) is 15.1. The normalized spacial score (nSPS) is 17.1. The van der Waals surface area contributed by atoms with Crippen LogP contribution in [0.5, 0.6) is 11.5 Å². The van der Waals surface area contributed by atoms with Gasteiger partial charge in [0.15, 0.2) is 4.80 Å². The van der Waals surface area contributed by atoms with Crippen molar-refractivity contribution in [2.24, 2.45) is 4.99 Å². The number of fused-ring (bicyclic) bond motifs is 2. The van der Waals surface area contributed by atoms with Crippen molar-refractivity contribution in [1.29, 1.82) is 0 Å². The van der Waals surface area contributed by atoms with Gasteiger partial charge in [0.1, 0.15) is 22.1 Å². The molecular formula is C32H35N3O6S. The molecule has 0 unspecified atom stereocenters. The number of anilines is 1. The molecule has 3 aromatic rings. The molecule has 5 rings (SSSR count). The van der Waals surface area contributed by atoms with Crippen LogP contribution >= 0.6 is 11.3 Å². The second-order valence-corrected chi connectivity index (χ2v) is 11.0. The minimum absolute atomic E-state index is 0.164. The fraction of sp³-hybridized carbons (Fsp3) is 0.375. The topological polar surface area (TPSA) is 99.4 Å². The molecule has 1 aromatic heterocycles. The first-order valence-electron chi connectivity index (χ1n) is 14.3. The average molecular weight is 590 g/mol. The number of benzene rings is 2. The summed E-state index contributed by atoms with van der Waals surface area (Å²) in [4.78, 5) is 49.0. The monoisotopic (exact) mass is 589 g/mol. The summed E-state index contributed by atoms with van der Waals surface area (Å²) in [6.07, 6.45) is 3.00. The van der Waals surface area contributed by atoms with Gasteiger partial charge >= 0.3 is 5.97 Å². The zero-order valence-corrected chi connectivity index (χ0v) is 25.4. The zero-order valence-electron chi connectivity index (χ0n) is 24.6. The average Bonchev–Trinajstić information content (AvgIpc) is 3.47. The van der Waals surface area contributed by atoms with E-state index in [9.17, 15) is 14.4 Å². The van der Waals surface area contributed by atoms with E-state index in [2.05, 4.69) is 6.92 Å². The number of aromatic nitrogens is 1. The van der Waals surface area contributed by atoms with E-state index < -0.39 is 17.6 Å². The van der Waals surface area contributed by atoms with Gasteiger partial charge in [-0.3, -0.25) is 14.2 Å². The van der Waals surface area contributed by atoms with Crippen molar-refractivity contribution in [2.45, 2.75) is 52.5 Å². The highest BCUT2D eigenvalue weighted by Crippen LogP contribution is 2.39. The van der Waals surface area contributed by atoms with Gasteiger partial charge in [0, 0.05) is 17.7 Å². The van der Waals surface area contributed by atoms with Crippen molar-refractivity contribution in [3.05, 3.63) is 84.5 Å². The van der Waals surface area contributed by atoms with Crippen LogP contribution in [0.3, 0.4) is 0 Å². The van der Waals surface area contributed by atoms with E-state index in [1.165, 1.54) is 23.0 Å². The number of unbranched alkanes of at least 4 members (excludes halogenated alkanes) is 1. The van der Waals surface area contributed by atoms with E-state index in [0.717, 1.165) is 30.5 Å². The highest BCUT2D eigenvalue weighted by Gasteiger charge is 2.38. The predicted octanol–water partition coefficient (Wildman–Crippen LogP) is 4.11. The van der Waals surface area contributed by atoms with Crippen LogP contribution in [0.4, 0.5) is 5.69 Å². The third-order valence-electron chi connectivity index (χ3n) is 7.48. The van der Waals surface area contributed by atoms with Gasteiger partial charge in [-0.2, -0.15) is 0 Å². The van der Waals surface area contributed by atoms with Gasteiger partial charge in [0.25, 0.3) is 11.5 Å². The van der Waals surface area contributed by atoms with Crippen LogP contribution in [0.2, 0.25) is 0 Å². The molecule has 0 aliphatic carbocycles. The molecule has 9 nitrogen and oxygen atoms in total. The summed E-state index contributed by atoms with van der Waals surface area (Å²) in [7, 11) is 3.09. The van der Waals surface area contributed by atoms with Crippen LogP contribution in [0.25, 0.3) is 5.57 Å². The number of methoxy groups -OCH3 is 2. The number of hydrogen-bond acceptors (Lipinski definition) is 8. The van der Waals surface area contributed by atoms with Gasteiger partial charge in [0.2, 0.25) is 0 Å². The molecule has 2 aliphatic heterocycles. The summed E-state index contributed by atoms with van der Waals surface area (Å²) < 4.78 is 18.5. The van der Waals surface area contributed by atoms with Gasteiger partial charge in [-0.15, -0.1) is 0 Å².